The van der Waals surface area contributed by atoms with E-state index in [4.69, 9.17) is 5.10 Å². The predicted octanol–water partition coefficient (Wildman–Crippen LogP) is 7.13. The fourth-order valence-electron chi connectivity index (χ4n) is 8.47. The van der Waals surface area contributed by atoms with Crippen molar-refractivity contribution in [3.63, 3.8) is 0 Å². The van der Waals surface area contributed by atoms with Crippen molar-refractivity contribution >= 4 is 16.7 Å². The van der Waals surface area contributed by atoms with Gasteiger partial charge in [0.2, 0.25) is 0 Å². The fourth-order valence-corrected chi connectivity index (χ4v) is 8.47. The molecule has 2 saturated heterocycles. The molecule has 0 amide bonds. The topological polar surface area (TPSA) is 103 Å². The summed E-state index contributed by atoms with van der Waals surface area (Å²) in [6, 6.07) is 17.7. The molecule has 0 atom stereocenters. The van der Waals surface area contributed by atoms with Crippen LogP contribution in [-0.2, 0) is 24.6 Å². The number of aromatic amines is 1. The minimum atomic E-state index is -4.67. The van der Waals surface area contributed by atoms with Crippen molar-refractivity contribution in [1.82, 2.24) is 34.6 Å². The molecular formula is C39H33F4N9. The molecule has 262 valence electrons. The quantitative estimate of drug-likeness (QED) is 0.176. The number of halogens is 4. The van der Waals surface area contributed by atoms with Crippen molar-refractivity contribution in [3.8, 4) is 28.5 Å². The number of alkyl halides is 3. The van der Waals surface area contributed by atoms with Crippen molar-refractivity contribution in [3.05, 3.63) is 113 Å². The Bertz CT molecular complexity index is 2360. The van der Waals surface area contributed by atoms with Crippen LogP contribution in [0, 0.1) is 17.1 Å². The second-order valence-corrected chi connectivity index (χ2v) is 14.1. The number of likely N-dealkylation sites (tertiary alicyclic amines) is 1. The van der Waals surface area contributed by atoms with Gasteiger partial charge >= 0.3 is 6.18 Å². The lowest BCUT2D eigenvalue weighted by molar-refractivity contribution is -0.141. The van der Waals surface area contributed by atoms with Gasteiger partial charge < -0.3 is 9.88 Å². The monoisotopic (exact) mass is 703 g/mol. The Morgan fingerprint density at radius 3 is 2.60 bits per heavy atom. The lowest BCUT2D eigenvalue weighted by Crippen LogP contribution is -2.66. The van der Waals surface area contributed by atoms with Gasteiger partial charge in [0.25, 0.3) is 0 Å². The summed E-state index contributed by atoms with van der Waals surface area (Å²) >= 11 is 0. The van der Waals surface area contributed by atoms with Crippen molar-refractivity contribution in [2.45, 2.75) is 49.9 Å². The first-order valence-electron chi connectivity index (χ1n) is 17.3. The fraction of sp³-hybridized carbons (Fsp3) is 0.308. The molecule has 9 rings (SSSR count). The van der Waals surface area contributed by atoms with Gasteiger partial charge in [-0.25, -0.2) is 19.3 Å². The molecular weight excluding hydrogens is 670 g/mol. The summed E-state index contributed by atoms with van der Waals surface area (Å²) in [6.07, 6.45) is 5.95. The van der Waals surface area contributed by atoms with E-state index < -0.39 is 23.2 Å². The highest BCUT2D eigenvalue weighted by atomic mass is 19.4. The summed E-state index contributed by atoms with van der Waals surface area (Å²) in [5.74, 6) is -0.751. The first kappa shape index (κ1) is 32.3. The average Bonchev–Trinajstić information content (AvgIpc) is 3.89. The smallest absolute Gasteiger partial charge is 0.371 e. The van der Waals surface area contributed by atoms with E-state index in [9.17, 15) is 22.8 Å². The highest BCUT2D eigenvalue weighted by Crippen LogP contribution is 2.45. The van der Waals surface area contributed by atoms with Crippen molar-refractivity contribution in [1.29, 1.82) is 5.26 Å². The zero-order chi connectivity index (χ0) is 35.6. The second-order valence-electron chi connectivity index (χ2n) is 14.1. The molecule has 2 fully saturated rings. The largest absolute Gasteiger partial charge is 0.433 e. The molecule has 0 bridgehead atoms. The number of benzene rings is 2. The van der Waals surface area contributed by atoms with E-state index in [0.717, 1.165) is 82.2 Å². The molecule has 6 aromatic rings. The number of nitrogens with one attached hydrogen (secondary N) is 1. The molecule has 0 saturated carbocycles. The minimum absolute atomic E-state index is 0.0234. The number of anilines is 1. The average molecular weight is 704 g/mol. The summed E-state index contributed by atoms with van der Waals surface area (Å²) in [5, 5.41) is 15.5. The molecule has 0 unspecified atom stereocenters. The lowest BCUT2D eigenvalue weighted by atomic mass is 9.83. The Morgan fingerprint density at radius 1 is 0.962 bits per heavy atom. The molecule has 0 radical (unpaired) electrons. The second kappa shape index (κ2) is 12.3. The van der Waals surface area contributed by atoms with Crippen LogP contribution in [0.15, 0.2) is 79.6 Å². The Labute approximate surface area is 296 Å². The van der Waals surface area contributed by atoms with Gasteiger partial charge in [-0.05, 0) is 58.4 Å². The van der Waals surface area contributed by atoms with Crippen LogP contribution in [0.25, 0.3) is 33.4 Å². The number of H-pyrrole nitrogens is 1. The number of nitriles is 1. The molecule has 2 aromatic carbocycles. The third-order valence-electron chi connectivity index (χ3n) is 11.0. The maximum Gasteiger partial charge on any atom is 0.433 e. The summed E-state index contributed by atoms with van der Waals surface area (Å²) in [6.45, 7) is 2.87. The van der Waals surface area contributed by atoms with Crippen molar-refractivity contribution in [2.75, 3.05) is 31.1 Å². The van der Waals surface area contributed by atoms with Gasteiger partial charge in [0.1, 0.15) is 29.0 Å². The van der Waals surface area contributed by atoms with E-state index in [1.807, 2.05) is 47.4 Å². The van der Waals surface area contributed by atoms with Gasteiger partial charge in [-0.15, -0.1) is 0 Å². The summed E-state index contributed by atoms with van der Waals surface area (Å²) < 4.78 is 57.6. The summed E-state index contributed by atoms with van der Waals surface area (Å²) in [7, 11) is 0. The minimum Gasteiger partial charge on any atom is -0.371 e. The number of hydrogen-bond donors (Lipinski definition) is 1. The van der Waals surface area contributed by atoms with Gasteiger partial charge in [-0.1, -0.05) is 36.4 Å². The number of aromatic nitrogens is 6. The molecule has 3 aliphatic rings. The van der Waals surface area contributed by atoms with Gasteiger partial charge in [0.05, 0.1) is 30.6 Å². The first-order valence-corrected chi connectivity index (χ1v) is 17.3. The predicted molar refractivity (Wildman–Crippen MR) is 187 cm³/mol. The Hall–Kier alpha value is -5.61. The Balaban J connectivity index is 0.954. The van der Waals surface area contributed by atoms with Crippen LogP contribution in [-0.4, -0.2) is 66.8 Å². The van der Waals surface area contributed by atoms with E-state index in [1.54, 1.807) is 6.20 Å². The third kappa shape index (κ3) is 5.40. The van der Waals surface area contributed by atoms with E-state index in [0.29, 0.717) is 38.2 Å². The van der Waals surface area contributed by atoms with E-state index >= 15 is 0 Å². The standard InChI is InChI=1S/C39H33F4N9/c40-33-19-46-34(39(41,42)43)17-26(33)15-25-5-6-30-29-4-2-1-3-24(29)16-32(30)36(25)50-13-8-28(9-14-50)51-21-38(22-51,10-11-44)52-20-27(18-49-52)35-31-7-12-45-37(31)48-23-47-35/h1-7,12,17-20,23,28H,8-10,13-16,21-22H2,(H,45,47,48). The van der Waals surface area contributed by atoms with Crippen LogP contribution in [0.3, 0.4) is 0 Å². The highest BCUT2D eigenvalue weighted by Gasteiger charge is 2.48. The van der Waals surface area contributed by atoms with Crippen LogP contribution in [0.4, 0.5) is 23.2 Å². The van der Waals surface area contributed by atoms with E-state index in [-0.39, 0.29) is 12.0 Å². The van der Waals surface area contributed by atoms with Gasteiger partial charge in [0, 0.05) is 74.1 Å². The number of fused-ring (bicyclic) bond motifs is 4. The van der Waals surface area contributed by atoms with Crippen molar-refractivity contribution < 1.29 is 17.6 Å². The number of hydrogen-bond acceptors (Lipinski definition) is 7. The molecule has 1 N–H and O–H groups in total. The van der Waals surface area contributed by atoms with E-state index in [1.165, 1.54) is 11.9 Å². The SMILES string of the molecule is N#CCC1(n2cc(-c3ncnc4[nH]ccc34)cn2)CN(C2CCN(c3c(Cc4cc(C(F)(F)F)ncc4F)ccc4c3Cc3ccccc3-4)CC2)C1. The number of nitrogens with zero attached hydrogens (tertiary/aromatic N) is 8. The molecule has 6 heterocycles. The zero-order valence-corrected chi connectivity index (χ0v) is 28.0. The molecule has 1 aliphatic carbocycles. The molecule has 0 spiro atoms. The van der Waals surface area contributed by atoms with Crippen LogP contribution < -0.4 is 4.90 Å². The van der Waals surface area contributed by atoms with Gasteiger partial charge in [-0.2, -0.15) is 23.5 Å². The van der Waals surface area contributed by atoms with Crippen molar-refractivity contribution in [2.24, 2.45) is 0 Å². The molecule has 13 heteroatoms. The third-order valence-corrected chi connectivity index (χ3v) is 11.0. The number of pyridine rings is 1. The van der Waals surface area contributed by atoms with Crippen LogP contribution in [0.2, 0.25) is 0 Å². The first-order chi connectivity index (χ1) is 25.2. The van der Waals surface area contributed by atoms with E-state index in [2.05, 4.69) is 47.9 Å². The summed E-state index contributed by atoms with van der Waals surface area (Å²) in [4.78, 5) is 20.0. The normalized spacial score (nSPS) is 17.2. The lowest BCUT2D eigenvalue weighted by Gasteiger charge is -2.54. The van der Waals surface area contributed by atoms with Gasteiger partial charge in [-0.3, -0.25) is 9.58 Å². The maximum absolute atomic E-state index is 15.0. The van der Waals surface area contributed by atoms with Crippen LogP contribution in [0.5, 0.6) is 0 Å². The molecule has 9 nitrogen and oxygen atoms in total. The van der Waals surface area contributed by atoms with Crippen LogP contribution >= 0.6 is 0 Å². The zero-order valence-electron chi connectivity index (χ0n) is 28.0. The Kier molecular flexibility index (Phi) is 7.62. The summed E-state index contributed by atoms with van der Waals surface area (Å²) in [5.41, 5.74) is 7.24. The molecule has 2 aliphatic heterocycles. The molecule has 4 aromatic heterocycles. The number of piperidine rings is 1. The number of rotatable bonds is 7. The molecule has 52 heavy (non-hydrogen) atoms. The maximum atomic E-state index is 15.0. The van der Waals surface area contributed by atoms with Crippen LogP contribution in [0.1, 0.15) is 47.2 Å². The highest BCUT2D eigenvalue weighted by molar-refractivity contribution is 5.90. The van der Waals surface area contributed by atoms with Gasteiger partial charge in [0.15, 0.2) is 0 Å². The Morgan fingerprint density at radius 2 is 1.79 bits per heavy atom.